The summed E-state index contributed by atoms with van der Waals surface area (Å²) >= 11 is 0. The summed E-state index contributed by atoms with van der Waals surface area (Å²) in [7, 11) is 0. The zero-order valence-corrected chi connectivity index (χ0v) is 11.5. The van der Waals surface area contributed by atoms with Gasteiger partial charge in [0.2, 0.25) is 0 Å². The lowest BCUT2D eigenvalue weighted by molar-refractivity contribution is 0.0256. The number of benzene rings is 2. The monoisotopic (exact) mass is 282 g/mol. The van der Waals surface area contributed by atoms with Gasteiger partial charge in [0.25, 0.3) is 0 Å². The Morgan fingerprint density at radius 2 is 1.62 bits per heavy atom. The molecule has 0 aliphatic carbocycles. The molecule has 0 saturated heterocycles. The topological polar surface area (TPSA) is 82.3 Å². The molecule has 3 rings (SSSR count). The Bertz CT molecular complexity index is 737. The third-order valence-corrected chi connectivity index (χ3v) is 3.71. The highest BCUT2D eigenvalue weighted by molar-refractivity contribution is 5.91. The zero-order chi connectivity index (χ0) is 14.8. The molecule has 0 radical (unpaired) electrons. The lowest BCUT2D eigenvalue weighted by Crippen LogP contribution is -2.27. The number of nitrogens with two attached hydrogens (primary N) is 1. The van der Waals surface area contributed by atoms with Gasteiger partial charge in [0.15, 0.2) is 0 Å². The van der Waals surface area contributed by atoms with Crippen LogP contribution in [0.2, 0.25) is 0 Å². The average molecular weight is 282 g/mol. The van der Waals surface area contributed by atoms with Crippen molar-refractivity contribution in [3.8, 4) is 11.3 Å². The largest absolute Gasteiger partial charge is 0.389 e. The van der Waals surface area contributed by atoms with Crippen molar-refractivity contribution >= 4 is 10.9 Å². The van der Waals surface area contributed by atoms with Crippen LogP contribution in [0, 0.1) is 0 Å². The second kappa shape index (κ2) is 5.69. The van der Waals surface area contributed by atoms with Gasteiger partial charge in [0.1, 0.15) is 6.10 Å². The third kappa shape index (κ3) is 2.45. The lowest BCUT2D eigenvalue weighted by atomic mass is 9.97. The minimum Gasteiger partial charge on any atom is -0.389 e. The number of rotatable bonds is 4. The van der Waals surface area contributed by atoms with Crippen molar-refractivity contribution in [3.05, 3.63) is 60.2 Å². The molecule has 1 aromatic heterocycles. The maximum Gasteiger partial charge on any atom is 0.109 e. The summed E-state index contributed by atoms with van der Waals surface area (Å²) in [6.07, 6.45) is -2.02. The average Bonchev–Trinajstić information content (AvgIpc) is 2.93. The maximum absolute atomic E-state index is 10.5. The molecule has 0 amide bonds. The summed E-state index contributed by atoms with van der Waals surface area (Å²) in [4.78, 5) is 3.33. The fourth-order valence-corrected chi connectivity index (χ4v) is 2.62. The predicted molar refractivity (Wildman–Crippen MR) is 83.8 cm³/mol. The van der Waals surface area contributed by atoms with E-state index in [1.807, 2.05) is 54.6 Å². The van der Waals surface area contributed by atoms with Crippen LogP contribution in [0.5, 0.6) is 0 Å². The number of aliphatic hydroxyl groups excluding tert-OH is 2. The van der Waals surface area contributed by atoms with Crippen LogP contribution in [0.1, 0.15) is 11.7 Å². The van der Waals surface area contributed by atoms with Gasteiger partial charge in [-0.25, -0.2) is 0 Å². The second-order valence-corrected chi connectivity index (χ2v) is 5.07. The van der Waals surface area contributed by atoms with Gasteiger partial charge in [-0.2, -0.15) is 0 Å². The van der Waals surface area contributed by atoms with Crippen LogP contribution in [0.3, 0.4) is 0 Å². The number of fused-ring (bicyclic) bond motifs is 1. The van der Waals surface area contributed by atoms with Gasteiger partial charge in [-0.1, -0.05) is 48.5 Å². The van der Waals surface area contributed by atoms with Crippen molar-refractivity contribution in [1.29, 1.82) is 0 Å². The number of para-hydroxylation sites is 1. The Morgan fingerprint density at radius 3 is 2.33 bits per heavy atom. The highest BCUT2D eigenvalue weighted by Gasteiger charge is 2.24. The first kappa shape index (κ1) is 13.8. The molecule has 108 valence electrons. The first-order chi connectivity index (χ1) is 10.2. The van der Waals surface area contributed by atoms with E-state index in [0.29, 0.717) is 5.56 Å². The van der Waals surface area contributed by atoms with Crippen molar-refractivity contribution in [2.75, 3.05) is 6.54 Å². The molecule has 21 heavy (non-hydrogen) atoms. The Morgan fingerprint density at radius 1 is 0.952 bits per heavy atom. The van der Waals surface area contributed by atoms with E-state index in [2.05, 4.69) is 4.98 Å². The van der Waals surface area contributed by atoms with Crippen molar-refractivity contribution in [1.82, 2.24) is 4.98 Å². The third-order valence-electron chi connectivity index (χ3n) is 3.71. The number of nitrogens with one attached hydrogen (secondary N) is 1. The Kier molecular flexibility index (Phi) is 3.75. The molecule has 5 N–H and O–H groups in total. The van der Waals surface area contributed by atoms with Crippen LogP contribution >= 0.6 is 0 Å². The van der Waals surface area contributed by atoms with Crippen molar-refractivity contribution in [2.24, 2.45) is 5.73 Å². The van der Waals surface area contributed by atoms with E-state index in [4.69, 9.17) is 5.73 Å². The summed E-state index contributed by atoms with van der Waals surface area (Å²) < 4.78 is 0. The van der Waals surface area contributed by atoms with Gasteiger partial charge in [-0.15, -0.1) is 0 Å². The number of hydrogen-bond donors (Lipinski definition) is 4. The van der Waals surface area contributed by atoms with Crippen LogP contribution in [-0.4, -0.2) is 27.8 Å². The van der Waals surface area contributed by atoms with E-state index >= 15 is 0 Å². The molecule has 0 bridgehead atoms. The van der Waals surface area contributed by atoms with Crippen molar-refractivity contribution in [2.45, 2.75) is 12.2 Å². The Hall–Kier alpha value is -2.14. The van der Waals surface area contributed by atoms with Crippen molar-refractivity contribution in [3.63, 3.8) is 0 Å². The second-order valence-electron chi connectivity index (χ2n) is 5.07. The smallest absolute Gasteiger partial charge is 0.109 e. The summed E-state index contributed by atoms with van der Waals surface area (Å²) in [5, 5.41) is 21.3. The van der Waals surface area contributed by atoms with Gasteiger partial charge in [-0.05, 0) is 11.6 Å². The van der Waals surface area contributed by atoms with Crippen LogP contribution in [0.4, 0.5) is 0 Å². The Balaban J connectivity index is 2.24. The maximum atomic E-state index is 10.5. The molecule has 2 unspecified atom stereocenters. The van der Waals surface area contributed by atoms with Crippen LogP contribution in [0.15, 0.2) is 54.6 Å². The molecule has 1 heterocycles. The van der Waals surface area contributed by atoms with Crippen LogP contribution in [0.25, 0.3) is 22.2 Å². The Labute approximate surface area is 122 Å². The lowest BCUT2D eigenvalue weighted by Gasteiger charge is -2.17. The quantitative estimate of drug-likeness (QED) is 0.592. The predicted octanol–water partition coefficient (Wildman–Crippen LogP) is 2.19. The van der Waals surface area contributed by atoms with E-state index < -0.39 is 12.2 Å². The molecule has 0 aliphatic heterocycles. The molecule has 2 aromatic carbocycles. The molecular formula is C17H18N2O2. The SMILES string of the molecule is NCC(O)C(O)c1c(-c2ccccc2)[nH]c2ccccc12. The molecule has 0 spiro atoms. The van der Waals surface area contributed by atoms with Crippen LogP contribution in [-0.2, 0) is 0 Å². The molecule has 2 atom stereocenters. The number of H-pyrrole nitrogens is 1. The van der Waals surface area contributed by atoms with E-state index in [1.165, 1.54) is 0 Å². The summed E-state index contributed by atoms with van der Waals surface area (Å²) in [6, 6.07) is 17.5. The minimum atomic E-state index is -1.03. The molecule has 0 aliphatic rings. The molecule has 0 saturated carbocycles. The first-order valence-corrected chi connectivity index (χ1v) is 6.94. The standard InChI is InChI=1S/C17H18N2O2/c18-10-14(20)17(21)15-12-8-4-5-9-13(12)19-16(15)11-6-2-1-3-7-11/h1-9,14,17,19-21H,10,18H2. The normalized spacial score (nSPS) is 14.2. The number of hydrogen-bond acceptors (Lipinski definition) is 3. The van der Waals surface area contributed by atoms with Gasteiger partial charge >= 0.3 is 0 Å². The molecule has 0 fully saturated rings. The fourth-order valence-electron chi connectivity index (χ4n) is 2.62. The van der Waals surface area contributed by atoms with E-state index in [9.17, 15) is 10.2 Å². The highest BCUT2D eigenvalue weighted by atomic mass is 16.3. The van der Waals surface area contributed by atoms with Gasteiger partial charge < -0.3 is 20.9 Å². The minimum absolute atomic E-state index is 0.00883. The summed E-state index contributed by atoms with van der Waals surface area (Å²) in [5.74, 6) is 0. The van der Waals surface area contributed by atoms with Gasteiger partial charge in [0, 0.05) is 23.0 Å². The van der Waals surface area contributed by atoms with E-state index in [-0.39, 0.29) is 6.54 Å². The van der Waals surface area contributed by atoms with Crippen LogP contribution < -0.4 is 5.73 Å². The molecule has 3 aromatic rings. The molecule has 4 heteroatoms. The van der Waals surface area contributed by atoms with Gasteiger partial charge in [-0.3, -0.25) is 0 Å². The van der Waals surface area contributed by atoms with Gasteiger partial charge in [0.05, 0.1) is 11.8 Å². The summed E-state index contributed by atoms with van der Waals surface area (Å²) in [6.45, 7) is 0.00883. The first-order valence-electron chi connectivity index (χ1n) is 6.94. The van der Waals surface area contributed by atoms with E-state index in [1.54, 1.807) is 0 Å². The van der Waals surface area contributed by atoms with Crippen molar-refractivity contribution < 1.29 is 10.2 Å². The number of aromatic amines is 1. The molecule has 4 nitrogen and oxygen atoms in total. The number of aliphatic hydroxyl groups is 2. The molecular weight excluding hydrogens is 264 g/mol. The number of aromatic nitrogens is 1. The fraction of sp³-hybridized carbons (Fsp3) is 0.176. The highest BCUT2D eigenvalue weighted by Crippen LogP contribution is 2.35. The van der Waals surface area contributed by atoms with E-state index in [0.717, 1.165) is 22.2 Å². The zero-order valence-electron chi connectivity index (χ0n) is 11.5. The summed E-state index contributed by atoms with van der Waals surface area (Å²) in [5.41, 5.74) is 8.89.